The number of furan rings is 1. The Balaban J connectivity index is 1.23. The number of nitrogens with one attached hydrogen (secondary N) is 3. The van der Waals surface area contributed by atoms with Gasteiger partial charge in [0.2, 0.25) is 5.91 Å². The summed E-state index contributed by atoms with van der Waals surface area (Å²) < 4.78 is 15.9. The van der Waals surface area contributed by atoms with Crippen molar-refractivity contribution >= 4 is 69.6 Å². The van der Waals surface area contributed by atoms with Gasteiger partial charge in [0.15, 0.2) is 0 Å². The van der Waals surface area contributed by atoms with Gasteiger partial charge in [0.05, 0.1) is 31.2 Å². The molecule has 50 heavy (non-hydrogen) atoms. The van der Waals surface area contributed by atoms with Gasteiger partial charge in [-0.25, -0.2) is 9.59 Å². The molecule has 260 valence electrons. The fourth-order valence-electron chi connectivity index (χ4n) is 4.92. The number of thiophene rings is 1. The molecule has 2 aromatic carbocycles. The number of esters is 1. The van der Waals surface area contributed by atoms with Gasteiger partial charge < -0.3 is 34.7 Å². The van der Waals surface area contributed by atoms with Crippen molar-refractivity contribution < 1.29 is 37.9 Å². The van der Waals surface area contributed by atoms with E-state index < -0.39 is 29.5 Å². The van der Waals surface area contributed by atoms with Crippen molar-refractivity contribution in [2.24, 2.45) is 0 Å². The van der Waals surface area contributed by atoms with Gasteiger partial charge in [0.1, 0.15) is 22.1 Å². The number of benzene rings is 2. The normalized spacial score (nSPS) is 12.8. The average molecular weight is 717 g/mol. The summed E-state index contributed by atoms with van der Waals surface area (Å²) >= 11 is 2.46. The number of hydrogen-bond acceptors (Lipinski definition) is 10. The van der Waals surface area contributed by atoms with Crippen LogP contribution in [0.25, 0.3) is 6.08 Å². The van der Waals surface area contributed by atoms with E-state index in [0.29, 0.717) is 39.9 Å². The number of anilines is 2. The van der Waals surface area contributed by atoms with Gasteiger partial charge in [-0.1, -0.05) is 24.3 Å². The van der Waals surface area contributed by atoms with E-state index in [9.17, 15) is 24.0 Å². The molecule has 3 heterocycles. The molecule has 0 spiro atoms. The molecule has 0 bridgehead atoms. The van der Waals surface area contributed by atoms with E-state index in [1.54, 1.807) is 92.4 Å². The quantitative estimate of drug-likeness (QED) is 0.0940. The molecule has 1 aliphatic rings. The molecule has 4 amide bonds. The Bertz CT molecular complexity index is 1910. The lowest BCUT2D eigenvalue weighted by molar-refractivity contribution is -0.114. The first-order valence-corrected chi connectivity index (χ1v) is 17.4. The number of hydrogen-bond donors (Lipinski definition) is 3. The van der Waals surface area contributed by atoms with Gasteiger partial charge in [0.25, 0.3) is 11.8 Å². The summed E-state index contributed by atoms with van der Waals surface area (Å²) in [6, 6.07) is 18.7. The van der Waals surface area contributed by atoms with Crippen molar-refractivity contribution in [2.45, 2.75) is 44.2 Å². The van der Waals surface area contributed by atoms with Crippen LogP contribution >= 0.6 is 23.1 Å². The lowest BCUT2D eigenvalue weighted by Gasteiger charge is -2.30. The molecular formula is C36H36N4O8S2. The van der Waals surface area contributed by atoms with E-state index in [4.69, 9.17) is 13.9 Å². The van der Waals surface area contributed by atoms with Crippen LogP contribution in [-0.2, 0) is 32.0 Å². The number of thioether (sulfide) groups is 1. The molecule has 2 aromatic heterocycles. The number of ether oxygens (including phenoxy) is 2. The van der Waals surface area contributed by atoms with Gasteiger partial charge in [0, 0.05) is 33.6 Å². The van der Waals surface area contributed by atoms with Crippen LogP contribution < -0.4 is 16.0 Å². The summed E-state index contributed by atoms with van der Waals surface area (Å²) in [5.41, 5.74) is 1.18. The number of carbonyl (C=O) groups excluding carboxylic acids is 5. The first kappa shape index (κ1) is 36.0. The van der Waals surface area contributed by atoms with Crippen LogP contribution in [0.2, 0.25) is 0 Å². The zero-order chi connectivity index (χ0) is 35.8. The number of fused-ring (bicyclic) bond motifs is 1. The largest absolute Gasteiger partial charge is 0.465 e. The van der Waals surface area contributed by atoms with Gasteiger partial charge >= 0.3 is 12.1 Å². The lowest BCUT2D eigenvalue weighted by atomic mass is 10.0. The monoisotopic (exact) mass is 716 g/mol. The Hall–Kier alpha value is -5.34. The maximum atomic E-state index is 13.3. The average Bonchev–Trinajstić information content (AvgIpc) is 3.73. The molecular weight excluding hydrogens is 681 g/mol. The highest BCUT2D eigenvalue weighted by atomic mass is 32.2. The van der Waals surface area contributed by atoms with Crippen LogP contribution in [-0.4, -0.2) is 59.7 Å². The number of amides is 4. The SMILES string of the molecule is COC(=O)c1c(NC(=O)CSc2cccc(NC(=O)/C(=C/c3ccco3)NC(=O)c3ccccc3)c2)sc2c1CCN(C(=O)OC(C)(C)C)C2. The Morgan fingerprint density at radius 3 is 2.48 bits per heavy atom. The Labute approximate surface area is 297 Å². The molecule has 5 rings (SSSR count). The molecule has 0 fully saturated rings. The third-order valence-corrected chi connectivity index (χ3v) is 9.30. The summed E-state index contributed by atoms with van der Waals surface area (Å²) in [6.07, 6.45) is 2.85. The third-order valence-electron chi connectivity index (χ3n) is 7.17. The van der Waals surface area contributed by atoms with E-state index in [0.717, 1.165) is 10.4 Å². The minimum atomic E-state index is -0.646. The molecule has 3 N–H and O–H groups in total. The number of carbonyl (C=O) groups is 5. The Morgan fingerprint density at radius 2 is 1.78 bits per heavy atom. The summed E-state index contributed by atoms with van der Waals surface area (Å²) in [4.78, 5) is 67.8. The van der Waals surface area contributed by atoms with Crippen LogP contribution in [0.5, 0.6) is 0 Å². The second kappa shape index (κ2) is 15.9. The van der Waals surface area contributed by atoms with E-state index >= 15 is 0 Å². The van der Waals surface area contributed by atoms with Gasteiger partial charge in [-0.15, -0.1) is 23.1 Å². The van der Waals surface area contributed by atoms with E-state index in [-0.39, 0.29) is 29.5 Å². The topological polar surface area (TPSA) is 156 Å². The molecule has 0 aliphatic carbocycles. The molecule has 1 aliphatic heterocycles. The van der Waals surface area contributed by atoms with Crippen LogP contribution in [0.15, 0.2) is 88.0 Å². The Kier molecular flexibility index (Phi) is 11.4. The van der Waals surface area contributed by atoms with Crippen molar-refractivity contribution in [2.75, 3.05) is 30.0 Å². The molecule has 0 saturated carbocycles. The standard InChI is InChI=1S/C36H36N4O8S2/c1-36(2,3)48-35(45)40-16-15-26-28(20-40)50-33(30(26)34(44)46-4)39-29(41)21-49-25-14-8-12-23(18-25)37-32(43)27(19-24-13-9-17-47-24)38-31(42)22-10-6-5-7-11-22/h5-14,17-19H,15-16,20-21H2,1-4H3,(H,37,43)(H,38,42)(H,39,41)/b27-19-. The number of methoxy groups -OCH3 is 1. The van der Waals surface area contributed by atoms with Crippen LogP contribution in [0.3, 0.4) is 0 Å². The minimum Gasteiger partial charge on any atom is -0.465 e. The molecule has 0 saturated heterocycles. The molecule has 12 nitrogen and oxygen atoms in total. The highest BCUT2D eigenvalue weighted by molar-refractivity contribution is 8.00. The third kappa shape index (κ3) is 9.42. The van der Waals surface area contributed by atoms with Crippen molar-refractivity contribution in [1.82, 2.24) is 10.2 Å². The summed E-state index contributed by atoms with van der Waals surface area (Å²) in [6.45, 7) is 6.00. The maximum Gasteiger partial charge on any atom is 0.410 e. The van der Waals surface area contributed by atoms with Crippen LogP contribution in [0.4, 0.5) is 15.5 Å². The number of nitrogens with zero attached hydrogens (tertiary/aromatic N) is 1. The van der Waals surface area contributed by atoms with Gasteiger partial charge in [-0.2, -0.15) is 0 Å². The van der Waals surface area contributed by atoms with Crippen molar-refractivity contribution in [3.8, 4) is 0 Å². The molecule has 4 aromatic rings. The first-order chi connectivity index (χ1) is 23.9. The van der Waals surface area contributed by atoms with Crippen molar-refractivity contribution in [3.63, 3.8) is 0 Å². The van der Waals surface area contributed by atoms with Gasteiger partial charge in [-0.3, -0.25) is 14.4 Å². The van der Waals surface area contributed by atoms with Gasteiger partial charge in [-0.05, 0) is 75.2 Å². The second-order valence-corrected chi connectivity index (χ2v) is 14.2. The van der Waals surface area contributed by atoms with Crippen LogP contribution in [0, 0.1) is 0 Å². The number of rotatable bonds is 10. The zero-order valence-corrected chi connectivity index (χ0v) is 29.5. The van der Waals surface area contributed by atoms with E-state index in [1.807, 2.05) is 0 Å². The molecule has 0 unspecified atom stereocenters. The van der Waals surface area contributed by atoms with E-state index in [1.165, 1.54) is 42.5 Å². The van der Waals surface area contributed by atoms with E-state index in [2.05, 4.69) is 16.0 Å². The molecule has 14 heteroatoms. The fraction of sp³-hybridized carbons (Fsp3) is 0.250. The van der Waals surface area contributed by atoms with Crippen molar-refractivity contribution in [3.05, 3.63) is 106 Å². The highest BCUT2D eigenvalue weighted by Crippen LogP contribution is 2.38. The lowest BCUT2D eigenvalue weighted by Crippen LogP contribution is -2.39. The summed E-state index contributed by atoms with van der Waals surface area (Å²) in [5.74, 6) is -1.59. The first-order valence-electron chi connectivity index (χ1n) is 15.6. The maximum absolute atomic E-state index is 13.3. The minimum absolute atomic E-state index is 0.00138. The fourth-order valence-corrected chi connectivity index (χ4v) is 6.95. The predicted octanol–water partition coefficient (Wildman–Crippen LogP) is 6.56. The summed E-state index contributed by atoms with van der Waals surface area (Å²) in [5, 5.41) is 8.65. The highest BCUT2D eigenvalue weighted by Gasteiger charge is 2.32. The second-order valence-electron chi connectivity index (χ2n) is 12.1. The van der Waals surface area contributed by atoms with Crippen LogP contribution in [0.1, 0.15) is 57.7 Å². The predicted molar refractivity (Wildman–Crippen MR) is 191 cm³/mol. The van der Waals surface area contributed by atoms with Crippen molar-refractivity contribution in [1.29, 1.82) is 0 Å². The zero-order valence-electron chi connectivity index (χ0n) is 27.9. The smallest absolute Gasteiger partial charge is 0.410 e. The summed E-state index contributed by atoms with van der Waals surface area (Å²) in [7, 11) is 1.28. The molecule has 0 atom stereocenters. The Morgan fingerprint density at radius 1 is 1.00 bits per heavy atom. The molecule has 0 radical (unpaired) electrons.